The molecular weight excluding hydrogens is 320 g/mol. The average Bonchev–Trinajstić information content (AvgIpc) is 3.21. The first-order valence-corrected chi connectivity index (χ1v) is 11.3. The zero-order valence-electron chi connectivity index (χ0n) is 16.5. The summed E-state index contributed by atoms with van der Waals surface area (Å²) in [7, 11) is 0. The van der Waals surface area contributed by atoms with E-state index in [9.17, 15) is 10.1 Å². The molecule has 3 heteroatoms. The largest absolute Gasteiger partial charge is 0.300 e. The summed E-state index contributed by atoms with van der Waals surface area (Å²) < 4.78 is 0. The van der Waals surface area contributed by atoms with Crippen molar-refractivity contribution in [1.82, 2.24) is 4.90 Å². The molecule has 1 heterocycles. The van der Waals surface area contributed by atoms with Crippen LogP contribution in [0.3, 0.4) is 0 Å². The molecule has 0 amide bonds. The molecule has 1 saturated heterocycles. The maximum atomic E-state index is 13.4. The van der Waals surface area contributed by atoms with Crippen LogP contribution in [-0.4, -0.2) is 29.8 Å². The van der Waals surface area contributed by atoms with E-state index in [0.29, 0.717) is 23.5 Å². The van der Waals surface area contributed by atoms with E-state index in [1.807, 2.05) is 0 Å². The standard InChI is InChI=1S/C23H36N2O/c1-16-10-11-25(21-4-2-3-5-21)15-22(16)23(26)20-9-8-18-12-17(14-24)6-7-19(18)13-20/h16-22H,2-13,15H2,1H3/t16-,17?,18?,19?,20?,22-/m0/s1. The number of hydrogen-bond donors (Lipinski definition) is 0. The Morgan fingerprint density at radius 3 is 2.46 bits per heavy atom. The summed E-state index contributed by atoms with van der Waals surface area (Å²) in [4.78, 5) is 16.1. The lowest BCUT2D eigenvalue weighted by Crippen LogP contribution is -2.48. The van der Waals surface area contributed by atoms with Gasteiger partial charge in [0.15, 0.2) is 0 Å². The number of nitrogens with zero attached hydrogens (tertiary/aromatic N) is 2. The van der Waals surface area contributed by atoms with Crippen LogP contribution in [0.2, 0.25) is 0 Å². The number of Topliss-reactive ketones (excluding diaryl/α,β-unsaturated/α-hetero) is 1. The molecule has 144 valence electrons. The molecule has 26 heavy (non-hydrogen) atoms. The molecule has 3 aliphatic carbocycles. The summed E-state index contributed by atoms with van der Waals surface area (Å²) in [6.45, 7) is 4.56. The summed E-state index contributed by atoms with van der Waals surface area (Å²) in [5.41, 5.74) is 0. The Balaban J connectivity index is 1.36. The van der Waals surface area contributed by atoms with Crippen molar-refractivity contribution in [3.63, 3.8) is 0 Å². The quantitative estimate of drug-likeness (QED) is 0.729. The number of carbonyl (C=O) groups is 1. The minimum Gasteiger partial charge on any atom is -0.300 e. The number of rotatable bonds is 3. The first-order valence-electron chi connectivity index (χ1n) is 11.3. The lowest BCUT2D eigenvalue weighted by molar-refractivity contribution is -0.133. The third-order valence-electron chi connectivity index (χ3n) is 8.39. The molecule has 3 nitrogen and oxygen atoms in total. The van der Waals surface area contributed by atoms with Crippen LogP contribution in [0.5, 0.6) is 0 Å². The van der Waals surface area contributed by atoms with Crippen molar-refractivity contribution >= 4 is 5.78 Å². The Bertz CT molecular complexity index is 547. The molecule has 4 rings (SSSR count). The molecule has 4 aliphatic rings. The van der Waals surface area contributed by atoms with E-state index in [-0.39, 0.29) is 11.8 Å². The summed E-state index contributed by atoms with van der Waals surface area (Å²) in [5.74, 6) is 3.46. The lowest BCUT2D eigenvalue weighted by Gasteiger charge is -2.44. The van der Waals surface area contributed by atoms with Crippen LogP contribution in [0.15, 0.2) is 0 Å². The van der Waals surface area contributed by atoms with Crippen LogP contribution in [-0.2, 0) is 4.79 Å². The second-order valence-corrected chi connectivity index (χ2v) is 9.88. The fraction of sp³-hybridized carbons (Fsp3) is 0.913. The highest BCUT2D eigenvalue weighted by Gasteiger charge is 2.42. The maximum Gasteiger partial charge on any atom is 0.140 e. The van der Waals surface area contributed by atoms with Crippen LogP contribution in [0, 0.1) is 46.8 Å². The number of fused-ring (bicyclic) bond motifs is 1. The van der Waals surface area contributed by atoms with Crippen molar-refractivity contribution in [3.05, 3.63) is 0 Å². The molecule has 0 aromatic heterocycles. The smallest absolute Gasteiger partial charge is 0.140 e. The number of carbonyl (C=O) groups excluding carboxylic acids is 1. The van der Waals surface area contributed by atoms with Crippen LogP contribution in [0.4, 0.5) is 0 Å². The molecule has 3 saturated carbocycles. The molecule has 0 spiro atoms. The van der Waals surface area contributed by atoms with Gasteiger partial charge >= 0.3 is 0 Å². The van der Waals surface area contributed by atoms with Gasteiger partial charge in [-0.05, 0) is 82.1 Å². The predicted molar refractivity (Wildman–Crippen MR) is 103 cm³/mol. The first kappa shape index (κ1) is 18.5. The van der Waals surface area contributed by atoms with Crippen molar-refractivity contribution in [3.8, 4) is 6.07 Å². The van der Waals surface area contributed by atoms with E-state index in [2.05, 4.69) is 17.9 Å². The molecule has 0 radical (unpaired) electrons. The van der Waals surface area contributed by atoms with E-state index >= 15 is 0 Å². The van der Waals surface area contributed by atoms with Gasteiger partial charge in [-0.15, -0.1) is 0 Å². The normalized spacial score (nSPS) is 42.2. The van der Waals surface area contributed by atoms with Gasteiger partial charge in [0.05, 0.1) is 6.07 Å². The third kappa shape index (κ3) is 3.72. The fourth-order valence-electron chi connectivity index (χ4n) is 6.63. The Labute approximate surface area is 159 Å². The van der Waals surface area contributed by atoms with E-state index in [1.165, 1.54) is 51.5 Å². The molecule has 6 atom stereocenters. The van der Waals surface area contributed by atoms with E-state index < -0.39 is 0 Å². The van der Waals surface area contributed by atoms with Gasteiger partial charge in [0.2, 0.25) is 0 Å². The van der Waals surface area contributed by atoms with Crippen molar-refractivity contribution < 1.29 is 4.79 Å². The highest BCUT2D eigenvalue weighted by Crippen LogP contribution is 2.46. The molecule has 0 aromatic rings. The summed E-state index contributed by atoms with van der Waals surface area (Å²) in [5, 5.41) is 9.23. The van der Waals surface area contributed by atoms with Crippen LogP contribution < -0.4 is 0 Å². The number of likely N-dealkylation sites (tertiary alicyclic amines) is 1. The SMILES string of the molecule is C[C@H]1CCN(C2CCCC2)C[C@@H]1C(=O)C1CCC2CC(C#N)CCC2C1. The summed E-state index contributed by atoms with van der Waals surface area (Å²) >= 11 is 0. The van der Waals surface area contributed by atoms with Crippen molar-refractivity contribution in [2.24, 2.45) is 35.5 Å². The zero-order valence-corrected chi connectivity index (χ0v) is 16.5. The van der Waals surface area contributed by atoms with Gasteiger partial charge in [-0.2, -0.15) is 5.26 Å². The van der Waals surface area contributed by atoms with E-state index in [1.54, 1.807) is 0 Å². The Hall–Kier alpha value is -0.880. The monoisotopic (exact) mass is 356 g/mol. The minimum atomic E-state index is 0.279. The van der Waals surface area contributed by atoms with E-state index in [0.717, 1.165) is 44.2 Å². The van der Waals surface area contributed by atoms with Gasteiger partial charge in [-0.3, -0.25) is 9.69 Å². The Morgan fingerprint density at radius 1 is 0.962 bits per heavy atom. The Morgan fingerprint density at radius 2 is 1.69 bits per heavy atom. The van der Waals surface area contributed by atoms with Gasteiger partial charge in [-0.1, -0.05) is 19.8 Å². The maximum absolute atomic E-state index is 13.4. The topological polar surface area (TPSA) is 44.1 Å². The lowest BCUT2D eigenvalue weighted by atomic mass is 9.63. The van der Waals surface area contributed by atoms with Crippen molar-refractivity contribution in [1.29, 1.82) is 5.26 Å². The zero-order chi connectivity index (χ0) is 18.1. The number of hydrogen-bond acceptors (Lipinski definition) is 3. The molecule has 0 N–H and O–H groups in total. The van der Waals surface area contributed by atoms with Crippen molar-refractivity contribution in [2.75, 3.05) is 13.1 Å². The second-order valence-electron chi connectivity index (χ2n) is 9.88. The highest BCUT2D eigenvalue weighted by atomic mass is 16.1. The molecule has 0 aromatic carbocycles. The van der Waals surface area contributed by atoms with Crippen LogP contribution >= 0.6 is 0 Å². The molecular formula is C23H36N2O. The second kappa shape index (κ2) is 8.01. The highest BCUT2D eigenvalue weighted by molar-refractivity contribution is 5.84. The van der Waals surface area contributed by atoms with Gasteiger partial charge in [-0.25, -0.2) is 0 Å². The molecule has 4 unspecified atom stereocenters. The van der Waals surface area contributed by atoms with E-state index in [4.69, 9.17) is 0 Å². The average molecular weight is 357 g/mol. The summed E-state index contributed by atoms with van der Waals surface area (Å²) in [6, 6.07) is 3.25. The van der Waals surface area contributed by atoms with Gasteiger partial charge in [0, 0.05) is 30.3 Å². The number of piperidine rings is 1. The Kier molecular flexibility index (Phi) is 5.69. The molecule has 1 aliphatic heterocycles. The molecule has 0 bridgehead atoms. The number of nitriles is 1. The van der Waals surface area contributed by atoms with Gasteiger partial charge in [0.25, 0.3) is 0 Å². The van der Waals surface area contributed by atoms with Gasteiger partial charge < -0.3 is 0 Å². The van der Waals surface area contributed by atoms with Crippen LogP contribution in [0.1, 0.15) is 77.6 Å². The third-order valence-corrected chi connectivity index (χ3v) is 8.39. The minimum absolute atomic E-state index is 0.279. The molecule has 4 fully saturated rings. The summed E-state index contributed by atoms with van der Waals surface area (Å²) in [6.07, 6.45) is 13.4. The first-order chi connectivity index (χ1) is 12.7. The fourth-order valence-corrected chi connectivity index (χ4v) is 6.63. The van der Waals surface area contributed by atoms with Gasteiger partial charge in [0.1, 0.15) is 5.78 Å². The predicted octanol–water partition coefficient (Wildman–Crippen LogP) is 4.81. The van der Waals surface area contributed by atoms with Crippen molar-refractivity contribution in [2.45, 2.75) is 83.6 Å². The van der Waals surface area contributed by atoms with Crippen LogP contribution in [0.25, 0.3) is 0 Å². The number of ketones is 1.